The van der Waals surface area contributed by atoms with Crippen molar-refractivity contribution in [3.8, 4) is 22.6 Å². The Kier molecular flexibility index (Phi) is 6.23. The molecule has 3 aromatic carbocycles. The average Bonchev–Trinajstić information content (AvgIpc) is 2.83. The Bertz CT molecular complexity index is 1380. The molecule has 0 aliphatic rings. The molecule has 0 unspecified atom stereocenters. The number of carbonyl (C=O) groups is 1. The van der Waals surface area contributed by atoms with E-state index in [1.807, 2.05) is 6.07 Å². The van der Waals surface area contributed by atoms with Crippen molar-refractivity contribution in [2.24, 2.45) is 0 Å². The van der Waals surface area contributed by atoms with Crippen molar-refractivity contribution >= 4 is 5.91 Å². The molecule has 4 rings (SSSR count). The number of pyridine rings is 1. The van der Waals surface area contributed by atoms with Crippen LogP contribution in [0.2, 0.25) is 0 Å². The van der Waals surface area contributed by atoms with Crippen LogP contribution >= 0.6 is 0 Å². The Balaban J connectivity index is 1.86. The van der Waals surface area contributed by atoms with Crippen molar-refractivity contribution in [1.82, 2.24) is 10.0 Å². The summed E-state index contributed by atoms with van der Waals surface area (Å²) in [4.78, 5) is 31.5. The first-order valence-corrected chi connectivity index (χ1v) is 10.3. The van der Waals surface area contributed by atoms with Gasteiger partial charge in [-0.3, -0.25) is 14.2 Å². The third kappa shape index (κ3) is 4.71. The summed E-state index contributed by atoms with van der Waals surface area (Å²) in [6, 6.07) is 23.2. The second-order valence-electron chi connectivity index (χ2n) is 7.46. The molecule has 0 aliphatic heterocycles. The van der Waals surface area contributed by atoms with Gasteiger partial charge in [0.05, 0.1) is 5.56 Å². The molecule has 0 radical (unpaired) electrons. The van der Waals surface area contributed by atoms with E-state index in [4.69, 9.17) is 4.84 Å². The normalized spacial score (nSPS) is 11.2. The highest BCUT2D eigenvalue weighted by Gasteiger charge is 2.31. The maximum atomic E-state index is 13.4. The van der Waals surface area contributed by atoms with Crippen LogP contribution in [0.25, 0.3) is 16.8 Å². The molecule has 1 aromatic heterocycles. The lowest BCUT2D eigenvalue weighted by molar-refractivity contribution is -0.137. The minimum atomic E-state index is -4.59. The summed E-state index contributed by atoms with van der Waals surface area (Å²) in [5.74, 6) is -0.476. The number of halogens is 3. The fourth-order valence-corrected chi connectivity index (χ4v) is 3.56. The van der Waals surface area contributed by atoms with Crippen LogP contribution in [0.1, 0.15) is 21.6 Å². The summed E-state index contributed by atoms with van der Waals surface area (Å²) in [6.45, 7) is 1.62. The van der Waals surface area contributed by atoms with E-state index in [1.165, 1.54) is 18.2 Å². The number of carbonyl (C=O) groups excluding carboxylic acids is 1. The number of amides is 1. The SMILES string of the molecule is Cc1c(-c2ccccc2)cc(C(=O)NOc2ccccc2)c(=O)n1-c1cccc(C(F)(F)F)c1. The van der Waals surface area contributed by atoms with Crippen LogP contribution in [-0.2, 0) is 6.18 Å². The summed E-state index contributed by atoms with van der Waals surface area (Å²) in [6.07, 6.45) is -4.59. The highest BCUT2D eigenvalue weighted by Crippen LogP contribution is 2.31. The van der Waals surface area contributed by atoms with Gasteiger partial charge in [0.1, 0.15) is 5.56 Å². The number of para-hydroxylation sites is 1. The van der Waals surface area contributed by atoms with Crippen molar-refractivity contribution in [1.29, 1.82) is 0 Å². The molecule has 1 heterocycles. The third-order valence-electron chi connectivity index (χ3n) is 5.21. The highest BCUT2D eigenvalue weighted by atomic mass is 19.4. The molecule has 34 heavy (non-hydrogen) atoms. The predicted molar refractivity (Wildman–Crippen MR) is 122 cm³/mol. The van der Waals surface area contributed by atoms with Crippen LogP contribution in [0.5, 0.6) is 5.75 Å². The van der Waals surface area contributed by atoms with Crippen LogP contribution in [0.15, 0.2) is 95.8 Å². The van der Waals surface area contributed by atoms with Gasteiger partial charge in [0.2, 0.25) is 0 Å². The second kappa shape index (κ2) is 9.27. The van der Waals surface area contributed by atoms with Crippen molar-refractivity contribution in [3.63, 3.8) is 0 Å². The number of hydroxylamine groups is 1. The fourth-order valence-electron chi connectivity index (χ4n) is 3.56. The van der Waals surface area contributed by atoms with E-state index < -0.39 is 23.2 Å². The molecule has 1 N–H and O–H groups in total. The number of aromatic nitrogens is 1. The molecule has 0 aliphatic carbocycles. The monoisotopic (exact) mass is 464 g/mol. The summed E-state index contributed by atoms with van der Waals surface area (Å²) >= 11 is 0. The second-order valence-corrected chi connectivity index (χ2v) is 7.46. The molecular weight excluding hydrogens is 445 g/mol. The van der Waals surface area contributed by atoms with Gasteiger partial charge >= 0.3 is 6.18 Å². The van der Waals surface area contributed by atoms with Crippen molar-refractivity contribution in [2.75, 3.05) is 0 Å². The van der Waals surface area contributed by atoms with E-state index >= 15 is 0 Å². The lowest BCUT2D eigenvalue weighted by Gasteiger charge is -2.18. The van der Waals surface area contributed by atoms with Gasteiger partial charge in [0.25, 0.3) is 11.5 Å². The zero-order valence-corrected chi connectivity index (χ0v) is 18.0. The van der Waals surface area contributed by atoms with E-state index in [1.54, 1.807) is 61.5 Å². The number of alkyl halides is 3. The van der Waals surface area contributed by atoms with Crippen LogP contribution < -0.4 is 15.9 Å². The summed E-state index contributed by atoms with van der Waals surface area (Å²) < 4.78 is 41.1. The maximum Gasteiger partial charge on any atom is 0.416 e. The Morgan fingerprint density at radius 3 is 2.18 bits per heavy atom. The molecule has 8 heteroatoms. The van der Waals surface area contributed by atoms with Gasteiger partial charge in [0.15, 0.2) is 5.75 Å². The molecule has 0 atom stereocenters. The number of hydrogen-bond donors (Lipinski definition) is 1. The molecule has 1 amide bonds. The first-order valence-electron chi connectivity index (χ1n) is 10.3. The molecule has 4 aromatic rings. The highest BCUT2D eigenvalue weighted by molar-refractivity contribution is 5.95. The molecule has 5 nitrogen and oxygen atoms in total. The number of hydrogen-bond acceptors (Lipinski definition) is 3. The smallest absolute Gasteiger partial charge is 0.379 e. The van der Waals surface area contributed by atoms with Crippen molar-refractivity contribution in [3.05, 3.63) is 118 Å². The topological polar surface area (TPSA) is 60.3 Å². The number of nitrogens with one attached hydrogen (secondary N) is 1. The van der Waals surface area contributed by atoms with Crippen LogP contribution in [0, 0.1) is 6.92 Å². The van der Waals surface area contributed by atoms with E-state index in [0.717, 1.165) is 16.7 Å². The molecule has 0 bridgehead atoms. The number of benzene rings is 3. The number of nitrogens with zero attached hydrogens (tertiary/aromatic N) is 1. The molecule has 0 fully saturated rings. The van der Waals surface area contributed by atoms with Gasteiger partial charge in [-0.1, -0.05) is 54.6 Å². The zero-order valence-electron chi connectivity index (χ0n) is 18.0. The molecule has 0 saturated carbocycles. The van der Waals surface area contributed by atoms with E-state index in [9.17, 15) is 22.8 Å². The Morgan fingerprint density at radius 2 is 1.53 bits per heavy atom. The van der Waals surface area contributed by atoms with Gasteiger partial charge in [0, 0.05) is 16.9 Å². The van der Waals surface area contributed by atoms with E-state index in [2.05, 4.69) is 5.48 Å². The quantitative estimate of drug-likeness (QED) is 0.394. The minimum Gasteiger partial charge on any atom is -0.379 e. The maximum absolute atomic E-state index is 13.4. The Morgan fingerprint density at radius 1 is 0.882 bits per heavy atom. The van der Waals surface area contributed by atoms with Crippen molar-refractivity contribution in [2.45, 2.75) is 13.1 Å². The lowest BCUT2D eigenvalue weighted by Crippen LogP contribution is -2.35. The number of rotatable bonds is 5. The third-order valence-corrected chi connectivity index (χ3v) is 5.21. The van der Waals surface area contributed by atoms with Crippen LogP contribution in [0.4, 0.5) is 13.2 Å². The van der Waals surface area contributed by atoms with Gasteiger partial charge in [-0.2, -0.15) is 18.7 Å². The lowest BCUT2D eigenvalue weighted by atomic mass is 10.0. The first kappa shape index (κ1) is 22.8. The largest absolute Gasteiger partial charge is 0.416 e. The Labute approximate surface area is 193 Å². The van der Waals surface area contributed by atoms with Gasteiger partial charge in [-0.15, -0.1) is 0 Å². The average molecular weight is 464 g/mol. The summed E-state index contributed by atoms with van der Waals surface area (Å²) in [5.41, 5.74) is 1.87. The Hall–Kier alpha value is -4.33. The summed E-state index contributed by atoms with van der Waals surface area (Å²) in [7, 11) is 0. The predicted octanol–water partition coefficient (Wildman–Crippen LogP) is 5.56. The summed E-state index contributed by atoms with van der Waals surface area (Å²) in [5, 5.41) is 0. The molecule has 0 spiro atoms. The zero-order chi connectivity index (χ0) is 24.3. The van der Waals surface area contributed by atoms with Gasteiger partial charge in [-0.25, -0.2) is 0 Å². The minimum absolute atomic E-state index is 0.00636. The van der Waals surface area contributed by atoms with Gasteiger partial charge in [-0.05, 0) is 48.9 Å². The molecule has 172 valence electrons. The molecular formula is C26H19F3N2O3. The van der Waals surface area contributed by atoms with Crippen LogP contribution in [0.3, 0.4) is 0 Å². The van der Waals surface area contributed by atoms with Gasteiger partial charge < -0.3 is 4.84 Å². The van der Waals surface area contributed by atoms with E-state index in [0.29, 0.717) is 22.6 Å². The standard InChI is InChI=1S/C26H19F3N2O3/c1-17-22(18-9-4-2-5-10-18)16-23(24(32)30-34-21-13-6-3-7-14-21)25(33)31(17)20-12-8-11-19(15-20)26(27,28)29/h2-16H,1H3,(H,30,32). The van der Waals surface area contributed by atoms with Crippen molar-refractivity contribution < 1.29 is 22.8 Å². The van der Waals surface area contributed by atoms with Crippen LogP contribution in [-0.4, -0.2) is 10.5 Å². The first-order chi connectivity index (χ1) is 16.3. The fraction of sp³-hybridized carbons (Fsp3) is 0.0769. The molecule has 0 saturated heterocycles. The van der Waals surface area contributed by atoms with E-state index in [-0.39, 0.29) is 11.3 Å².